The Labute approximate surface area is 127 Å². The van der Waals surface area contributed by atoms with E-state index >= 15 is 0 Å². The Morgan fingerprint density at radius 1 is 1.19 bits per heavy atom. The molecule has 2 rings (SSSR count). The van der Waals surface area contributed by atoms with E-state index in [9.17, 15) is 13.6 Å². The number of benzene rings is 1. The van der Waals surface area contributed by atoms with Gasteiger partial charge in [0.15, 0.2) is 11.6 Å². The van der Waals surface area contributed by atoms with Crippen molar-refractivity contribution in [3.05, 3.63) is 35.4 Å². The van der Waals surface area contributed by atoms with Gasteiger partial charge < -0.3 is 11.1 Å². The molecule has 114 valence electrons. The van der Waals surface area contributed by atoms with Crippen LogP contribution in [-0.4, -0.2) is 16.4 Å². The minimum Gasteiger partial charge on any atom is -0.391 e. The van der Waals surface area contributed by atoms with Crippen LogP contribution in [0.2, 0.25) is 0 Å². The second-order valence-corrected chi connectivity index (χ2v) is 5.86. The smallest absolute Gasteiger partial charge is 0.255 e. The number of rotatable bonds is 3. The molecule has 0 unspecified atom stereocenters. The van der Waals surface area contributed by atoms with Crippen LogP contribution in [0.3, 0.4) is 0 Å². The molecule has 0 atom stereocenters. The van der Waals surface area contributed by atoms with Crippen LogP contribution in [-0.2, 0) is 0 Å². The number of hydrogen-bond donors (Lipinski definition) is 2. The summed E-state index contributed by atoms with van der Waals surface area (Å²) < 4.78 is 26.9. The van der Waals surface area contributed by atoms with Crippen molar-refractivity contribution >= 4 is 23.1 Å². The third-order valence-electron chi connectivity index (χ3n) is 3.98. The highest BCUT2D eigenvalue weighted by molar-refractivity contribution is 7.80. The molecule has 1 amide bonds. The zero-order valence-corrected chi connectivity index (χ0v) is 12.4. The van der Waals surface area contributed by atoms with Crippen molar-refractivity contribution in [3.8, 4) is 0 Å². The Morgan fingerprint density at radius 2 is 1.81 bits per heavy atom. The summed E-state index contributed by atoms with van der Waals surface area (Å²) in [4.78, 5) is 12.5. The van der Waals surface area contributed by atoms with E-state index in [1.807, 2.05) is 0 Å². The first kappa shape index (κ1) is 15.8. The van der Waals surface area contributed by atoms with Crippen molar-refractivity contribution in [1.29, 1.82) is 0 Å². The van der Waals surface area contributed by atoms with Gasteiger partial charge in [-0.2, -0.15) is 0 Å². The third kappa shape index (κ3) is 3.37. The van der Waals surface area contributed by atoms with Gasteiger partial charge >= 0.3 is 0 Å². The van der Waals surface area contributed by atoms with Gasteiger partial charge in [-0.1, -0.05) is 44.0 Å². The zero-order chi connectivity index (χ0) is 15.5. The van der Waals surface area contributed by atoms with Gasteiger partial charge in [0.2, 0.25) is 0 Å². The third-order valence-corrected chi connectivity index (χ3v) is 4.37. The average molecular weight is 312 g/mol. The van der Waals surface area contributed by atoms with E-state index in [0.717, 1.165) is 31.7 Å². The van der Waals surface area contributed by atoms with Crippen molar-refractivity contribution in [3.63, 3.8) is 0 Å². The molecule has 1 saturated carbocycles. The summed E-state index contributed by atoms with van der Waals surface area (Å²) in [6.45, 7) is 0. The lowest BCUT2D eigenvalue weighted by molar-refractivity contribution is 0.0912. The van der Waals surface area contributed by atoms with Crippen LogP contribution in [0.25, 0.3) is 0 Å². The summed E-state index contributed by atoms with van der Waals surface area (Å²) in [6.07, 6.45) is 5.14. The predicted octanol–water partition coefficient (Wildman–Crippen LogP) is 3.07. The van der Waals surface area contributed by atoms with E-state index in [0.29, 0.717) is 12.8 Å². The Bertz CT molecular complexity index is 555. The maximum Gasteiger partial charge on any atom is 0.255 e. The van der Waals surface area contributed by atoms with Crippen LogP contribution in [0.15, 0.2) is 18.2 Å². The minimum atomic E-state index is -1.15. The zero-order valence-electron chi connectivity index (χ0n) is 11.6. The Kier molecular flexibility index (Phi) is 4.88. The van der Waals surface area contributed by atoms with Crippen molar-refractivity contribution in [2.75, 3.05) is 0 Å². The summed E-state index contributed by atoms with van der Waals surface area (Å²) >= 11 is 5.11. The molecule has 1 aliphatic carbocycles. The van der Waals surface area contributed by atoms with Gasteiger partial charge in [0, 0.05) is 0 Å². The van der Waals surface area contributed by atoms with E-state index in [2.05, 4.69) is 5.32 Å². The Balaban J connectivity index is 2.26. The predicted molar refractivity (Wildman–Crippen MR) is 81.0 cm³/mol. The van der Waals surface area contributed by atoms with Crippen molar-refractivity contribution in [1.82, 2.24) is 5.32 Å². The fraction of sp³-hybridized carbons (Fsp3) is 0.467. The number of hydrogen-bond acceptors (Lipinski definition) is 2. The fourth-order valence-corrected chi connectivity index (χ4v) is 2.98. The molecule has 1 aromatic carbocycles. The first-order chi connectivity index (χ1) is 9.96. The largest absolute Gasteiger partial charge is 0.391 e. The standard InChI is InChI=1S/C15H18F2N2OS/c16-11-7-5-6-10(12(11)17)13(20)19-15(14(18)21)8-3-1-2-4-9-15/h5-7H,1-4,8-9H2,(H2,18,21)(H,19,20). The molecule has 0 saturated heterocycles. The molecule has 21 heavy (non-hydrogen) atoms. The first-order valence-electron chi connectivity index (χ1n) is 7.03. The van der Waals surface area contributed by atoms with Crippen molar-refractivity contribution in [2.24, 2.45) is 5.73 Å². The number of amides is 1. The number of nitrogens with one attached hydrogen (secondary N) is 1. The topological polar surface area (TPSA) is 55.1 Å². The number of carbonyl (C=O) groups is 1. The van der Waals surface area contributed by atoms with Crippen LogP contribution in [0.4, 0.5) is 8.78 Å². The highest BCUT2D eigenvalue weighted by atomic mass is 32.1. The molecule has 6 heteroatoms. The molecule has 0 radical (unpaired) electrons. The molecule has 0 heterocycles. The van der Waals surface area contributed by atoms with Gasteiger partial charge in [0.1, 0.15) is 0 Å². The lowest BCUT2D eigenvalue weighted by Gasteiger charge is -2.33. The maximum absolute atomic E-state index is 13.7. The molecule has 0 aromatic heterocycles. The quantitative estimate of drug-likeness (QED) is 0.666. The van der Waals surface area contributed by atoms with Crippen LogP contribution in [0, 0.1) is 11.6 Å². The highest BCUT2D eigenvalue weighted by Crippen LogP contribution is 2.28. The van der Waals surface area contributed by atoms with E-state index in [1.54, 1.807) is 0 Å². The summed E-state index contributed by atoms with van der Waals surface area (Å²) in [7, 11) is 0. The number of thiocarbonyl (C=S) groups is 1. The molecular formula is C15H18F2N2OS. The highest BCUT2D eigenvalue weighted by Gasteiger charge is 2.36. The minimum absolute atomic E-state index is 0.203. The summed E-state index contributed by atoms with van der Waals surface area (Å²) in [6, 6.07) is 3.52. The second-order valence-electron chi connectivity index (χ2n) is 5.42. The molecule has 3 N–H and O–H groups in total. The van der Waals surface area contributed by atoms with Gasteiger partial charge in [0.05, 0.1) is 16.1 Å². The maximum atomic E-state index is 13.7. The summed E-state index contributed by atoms with van der Waals surface area (Å²) in [5.41, 5.74) is 4.69. The molecule has 0 spiro atoms. The molecule has 0 aliphatic heterocycles. The monoisotopic (exact) mass is 312 g/mol. The SMILES string of the molecule is NC(=S)C1(NC(=O)c2cccc(F)c2F)CCCCCC1. The van der Waals surface area contributed by atoms with Gasteiger partial charge in [0.25, 0.3) is 5.91 Å². The van der Waals surface area contributed by atoms with E-state index in [4.69, 9.17) is 18.0 Å². The van der Waals surface area contributed by atoms with Crippen LogP contribution < -0.4 is 11.1 Å². The van der Waals surface area contributed by atoms with Gasteiger partial charge in [-0.15, -0.1) is 0 Å². The first-order valence-corrected chi connectivity index (χ1v) is 7.43. The lowest BCUT2D eigenvalue weighted by atomic mass is 9.89. The molecule has 1 aliphatic rings. The van der Waals surface area contributed by atoms with Gasteiger partial charge in [-0.25, -0.2) is 8.78 Å². The summed E-state index contributed by atoms with van der Waals surface area (Å²) in [5, 5.41) is 2.74. The molecule has 1 aromatic rings. The normalized spacial score (nSPS) is 17.8. The van der Waals surface area contributed by atoms with Crippen molar-refractivity contribution < 1.29 is 13.6 Å². The van der Waals surface area contributed by atoms with E-state index in [1.165, 1.54) is 12.1 Å². The molecular weight excluding hydrogens is 294 g/mol. The van der Waals surface area contributed by atoms with Crippen LogP contribution in [0.1, 0.15) is 48.9 Å². The van der Waals surface area contributed by atoms with Crippen LogP contribution >= 0.6 is 12.2 Å². The number of halogens is 2. The lowest BCUT2D eigenvalue weighted by Crippen LogP contribution is -2.56. The van der Waals surface area contributed by atoms with Crippen LogP contribution in [0.5, 0.6) is 0 Å². The Morgan fingerprint density at radius 3 is 2.38 bits per heavy atom. The van der Waals surface area contributed by atoms with Gasteiger partial charge in [-0.05, 0) is 25.0 Å². The van der Waals surface area contributed by atoms with E-state index in [-0.39, 0.29) is 10.6 Å². The Hall–Kier alpha value is -1.56. The van der Waals surface area contributed by atoms with Crippen molar-refractivity contribution in [2.45, 2.75) is 44.1 Å². The number of nitrogens with two attached hydrogens (primary N) is 1. The fourth-order valence-electron chi connectivity index (χ4n) is 2.73. The molecule has 1 fully saturated rings. The summed E-state index contributed by atoms with van der Waals surface area (Å²) in [5.74, 6) is -2.88. The average Bonchev–Trinajstić information content (AvgIpc) is 2.68. The molecule has 0 bridgehead atoms. The van der Waals surface area contributed by atoms with Gasteiger partial charge in [-0.3, -0.25) is 4.79 Å². The van der Waals surface area contributed by atoms with E-state index < -0.39 is 23.1 Å². The number of carbonyl (C=O) groups excluding carboxylic acids is 1. The molecule has 3 nitrogen and oxygen atoms in total. The second kappa shape index (κ2) is 6.47.